The zero-order valence-electron chi connectivity index (χ0n) is 7.55. The van der Waals surface area contributed by atoms with E-state index in [2.05, 4.69) is 0 Å². The first kappa shape index (κ1) is 8.91. The first-order chi connectivity index (χ1) is 5.43. The van der Waals surface area contributed by atoms with E-state index in [1.54, 1.807) is 12.2 Å². The van der Waals surface area contributed by atoms with Gasteiger partial charge in [0.1, 0.15) is 0 Å². The Bertz CT molecular complexity index is 293. The molecule has 1 rings (SSSR count). The number of ketones is 2. The van der Waals surface area contributed by atoms with Crippen molar-refractivity contribution >= 4 is 11.6 Å². The molecule has 0 spiro atoms. The molecule has 0 fully saturated rings. The van der Waals surface area contributed by atoms with Crippen LogP contribution in [0, 0.1) is 5.41 Å². The third kappa shape index (κ3) is 1.52. The van der Waals surface area contributed by atoms with Crippen molar-refractivity contribution in [1.82, 2.24) is 0 Å². The molecular formula is C10H12O2. The van der Waals surface area contributed by atoms with Crippen molar-refractivity contribution in [3.05, 3.63) is 23.8 Å². The highest BCUT2D eigenvalue weighted by Crippen LogP contribution is 2.25. The number of carbonyl (C=O) groups is 2. The summed E-state index contributed by atoms with van der Waals surface area (Å²) in [5.41, 5.74) is 0.107. The summed E-state index contributed by atoms with van der Waals surface area (Å²) < 4.78 is 0. The maximum absolute atomic E-state index is 11.2. The third-order valence-corrected chi connectivity index (χ3v) is 1.97. The number of rotatable bonds is 1. The van der Waals surface area contributed by atoms with E-state index in [4.69, 9.17) is 0 Å². The van der Waals surface area contributed by atoms with Crippen molar-refractivity contribution < 1.29 is 9.59 Å². The topological polar surface area (TPSA) is 34.1 Å². The molecule has 1 aliphatic rings. The monoisotopic (exact) mass is 164 g/mol. The van der Waals surface area contributed by atoms with Crippen LogP contribution < -0.4 is 0 Å². The molecule has 2 heteroatoms. The minimum atomic E-state index is -0.518. The third-order valence-electron chi connectivity index (χ3n) is 1.97. The first-order valence-corrected chi connectivity index (χ1v) is 3.90. The van der Waals surface area contributed by atoms with Crippen LogP contribution >= 0.6 is 0 Å². The average Bonchev–Trinajstić information content (AvgIpc) is 1.94. The maximum atomic E-state index is 11.2. The molecule has 0 heterocycles. The fraction of sp³-hybridized carbons (Fsp3) is 0.400. The highest BCUT2D eigenvalue weighted by Gasteiger charge is 2.26. The molecule has 0 aliphatic heterocycles. The zero-order valence-corrected chi connectivity index (χ0v) is 7.55. The molecule has 0 N–H and O–H groups in total. The Balaban J connectivity index is 3.05. The fourth-order valence-electron chi connectivity index (χ4n) is 1.11. The smallest absolute Gasteiger partial charge is 0.165 e. The number of Topliss-reactive ketones (excluding diaryl/α,β-unsaturated/α-hetero) is 1. The highest BCUT2D eigenvalue weighted by molar-refractivity contribution is 6.04. The van der Waals surface area contributed by atoms with Crippen molar-refractivity contribution in [3.63, 3.8) is 0 Å². The molecule has 0 bridgehead atoms. The number of allylic oxidation sites excluding steroid dienone is 4. The van der Waals surface area contributed by atoms with Crippen LogP contribution in [-0.4, -0.2) is 11.6 Å². The Morgan fingerprint density at radius 2 is 1.92 bits per heavy atom. The Labute approximate surface area is 72.0 Å². The van der Waals surface area contributed by atoms with Gasteiger partial charge >= 0.3 is 0 Å². The molecule has 0 aromatic carbocycles. The van der Waals surface area contributed by atoms with E-state index in [1.807, 2.05) is 13.8 Å². The molecule has 64 valence electrons. The molecule has 0 amide bonds. The summed E-state index contributed by atoms with van der Waals surface area (Å²) in [6.07, 6.45) is 4.77. The summed E-state index contributed by atoms with van der Waals surface area (Å²) in [5, 5.41) is 0. The molecule has 1 aliphatic carbocycles. The summed E-state index contributed by atoms with van der Waals surface area (Å²) in [5.74, 6) is 0.0549. The van der Waals surface area contributed by atoms with Gasteiger partial charge in [0.05, 0.1) is 0 Å². The molecule has 0 radical (unpaired) electrons. The molecular weight excluding hydrogens is 152 g/mol. The van der Waals surface area contributed by atoms with Crippen LogP contribution in [0.15, 0.2) is 23.8 Å². The first-order valence-electron chi connectivity index (χ1n) is 3.90. The van der Waals surface area contributed by atoms with Crippen LogP contribution in [0.1, 0.15) is 20.8 Å². The van der Waals surface area contributed by atoms with Crippen molar-refractivity contribution in [1.29, 1.82) is 0 Å². The van der Waals surface area contributed by atoms with Crippen molar-refractivity contribution in [2.75, 3.05) is 0 Å². The van der Waals surface area contributed by atoms with Gasteiger partial charge < -0.3 is 0 Å². The Kier molecular flexibility index (Phi) is 2.01. The summed E-state index contributed by atoms with van der Waals surface area (Å²) in [7, 11) is 0. The van der Waals surface area contributed by atoms with E-state index >= 15 is 0 Å². The number of hydrogen-bond donors (Lipinski definition) is 0. The van der Waals surface area contributed by atoms with Gasteiger partial charge in [0.25, 0.3) is 0 Å². The van der Waals surface area contributed by atoms with Gasteiger partial charge in [0.2, 0.25) is 0 Å². The quantitative estimate of drug-likeness (QED) is 0.590. The van der Waals surface area contributed by atoms with Gasteiger partial charge in [0, 0.05) is 11.0 Å². The van der Waals surface area contributed by atoms with Crippen molar-refractivity contribution in [2.45, 2.75) is 20.8 Å². The second kappa shape index (κ2) is 2.70. The van der Waals surface area contributed by atoms with Gasteiger partial charge in [-0.3, -0.25) is 9.59 Å². The largest absolute Gasteiger partial charge is 0.295 e. The minimum Gasteiger partial charge on any atom is -0.295 e. The Morgan fingerprint density at radius 1 is 1.33 bits per heavy atom. The maximum Gasteiger partial charge on any atom is 0.165 e. The van der Waals surface area contributed by atoms with Crippen LogP contribution in [0.25, 0.3) is 0 Å². The molecule has 0 saturated carbocycles. The predicted molar refractivity (Wildman–Crippen MR) is 46.7 cm³/mol. The Morgan fingerprint density at radius 3 is 2.33 bits per heavy atom. The van der Waals surface area contributed by atoms with Crippen LogP contribution in [0.4, 0.5) is 0 Å². The van der Waals surface area contributed by atoms with Crippen LogP contribution in [-0.2, 0) is 9.59 Å². The molecule has 0 aromatic heterocycles. The van der Waals surface area contributed by atoms with E-state index < -0.39 is 5.41 Å². The van der Waals surface area contributed by atoms with Gasteiger partial charge in [-0.2, -0.15) is 0 Å². The summed E-state index contributed by atoms with van der Waals surface area (Å²) in [6, 6.07) is 0. The molecule has 2 nitrogen and oxygen atoms in total. The summed E-state index contributed by atoms with van der Waals surface area (Å²) >= 11 is 0. The zero-order chi connectivity index (χ0) is 9.35. The SMILES string of the molecule is CC(=O)C1=CC(C)(C)C(=O)C=C1. The molecule has 12 heavy (non-hydrogen) atoms. The Hall–Kier alpha value is -1.18. The highest BCUT2D eigenvalue weighted by atomic mass is 16.1. The van der Waals surface area contributed by atoms with Gasteiger partial charge in [-0.25, -0.2) is 0 Å². The van der Waals surface area contributed by atoms with Crippen LogP contribution in [0.5, 0.6) is 0 Å². The van der Waals surface area contributed by atoms with E-state index in [1.165, 1.54) is 13.0 Å². The van der Waals surface area contributed by atoms with Crippen LogP contribution in [0.2, 0.25) is 0 Å². The lowest BCUT2D eigenvalue weighted by atomic mass is 9.81. The van der Waals surface area contributed by atoms with E-state index in [-0.39, 0.29) is 11.6 Å². The van der Waals surface area contributed by atoms with Gasteiger partial charge in [-0.05, 0) is 32.9 Å². The lowest BCUT2D eigenvalue weighted by Gasteiger charge is -2.20. The van der Waals surface area contributed by atoms with Gasteiger partial charge in [-0.1, -0.05) is 6.08 Å². The second-order valence-electron chi connectivity index (χ2n) is 3.58. The second-order valence-corrected chi connectivity index (χ2v) is 3.58. The van der Waals surface area contributed by atoms with E-state index in [0.717, 1.165) is 0 Å². The average molecular weight is 164 g/mol. The number of hydrogen-bond acceptors (Lipinski definition) is 2. The van der Waals surface area contributed by atoms with Crippen molar-refractivity contribution in [3.8, 4) is 0 Å². The summed E-state index contributed by atoms with van der Waals surface area (Å²) in [6.45, 7) is 5.12. The van der Waals surface area contributed by atoms with E-state index in [9.17, 15) is 9.59 Å². The van der Waals surface area contributed by atoms with E-state index in [0.29, 0.717) is 5.57 Å². The fourth-order valence-corrected chi connectivity index (χ4v) is 1.11. The normalized spacial score (nSPS) is 20.6. The number of carbonyl (C=O) groups excluding carboxylic acids is 2. The molecule has 0 unspecified atom stereocenters. The molecule has 0 saturated heterocycles. The summed E-state index contributed by atoms with van der Waals surface area (Å²) in [4.78, 5) is 22.2. The van der Waals surface area contributed by atoms with Gasteiger partial charge in [-0.15, -0.1) is 0 Å². The van der Waals surface area contributed by atoms with Crippen LogP contribution in [0.3, 0.4) is 0 Å². The lowest BCUT2D eigenvalue weighted by molar-refractivity contribution is -0.120. The van der Waals surface area contributed by atoms with Gasteiger partial charge in [0.15, 0.2) is 11.6 Å². The lowest BCUT2D eigenvalue weighted by Crippen LogP contribution is -2.23. The minimum absolute atomic E-state index is 0.00632. The van der Waals surface area contributed by atoms with Crippen molar-refractivity contribution in [2.24, 2.45) is 5.41 Å². The molecule has 0 aromatic rings. The molecule has 0 atom stereocenters. The standard InChI is InChI=1S/C10H12O2/c1-7(11)8-4-5-9(12)10(2,3)6-8/h4-6H,1-3H3. The predicted octanol–water partition coefficient (Wildman–Crippen LogP) is 1.67.